The first-order valence-corrected chi connectivity index (χ1v) is 11.1. The molecule has 11 heteroatoms. The van der Waals surface area contributed by atoms with Gasteiger partial charge in [0.25, 0.3) is 0 Å². The predicted octanol–water partition coefficient (Wildman–Crippen LogP) is 4.73. The average Bonchev–Trinajstić information content (AvgIpc) is 3.30. The summed E-state index contributed by atoms with van der Waals surface area (Å²) in [6.45, 7) is 5.28. The Balaban J connectivity index is 1.47. The normalized spacial score (nSPS) is 11.4. The van der Waals surface area contributed by atoms with E-state index in [4.69, 9.17) is 18.7 Å². The number of nitrogens with one attached hydrogen (secondary N) is 1. The topological polar surface area (TPSA) is 114 Å². The Labute approximate surface area is 203 Å². The lowest BCUT2D eigenvalue weighted by Crippen LogP contribution is -2.30. The predicted molar refractivity (Wildman–Crippen MR) is 129 cm³/mol. The van der Waals surface area contributed by atoms with Crippen LogP contribution in [0.25, 0.3) is 10.9 Å². The smallest absolute Gasteiger partial charge is 0.497 e. The Hall–Kier alpha value is -3.35. The summed E-state index contributed by atoms with van der Waals surface area (Å²) in [5.74, 6) is 1.24. The fourth-order valence-corrected chi connectivity index (χ4v) is 3.63. The van der Waals surface area contributed by atoms with Crippen molar-refractivity contribution in [3.05, 3.63) is 57.6 Å². The Morgan fingerprint density at radius 3 is 2.76 bits per heavy atom. The summed E-state index contributed by atoms with van der Waals surface area (Å²) in [4.78, 5) is 18.4. The van der Waals surface area contributed by atoms with E-state index in [1.54, 1.807) is 40.0 Å². The Bertz CT molecular complexity index is 1290. The average molecular weight is 563 g/mol. The first kappa shape index (κ1) is 22.8. The first-order chi connectivity index (χ1) is 15.7. The van der Waals surface area contributed by atoms with Crippen molar-refractivity contribution in [3.8, 4) is 5.75 Å². The number of fused-ring (bicyclic) bond motifs is 1. The Kier molecular flexibility index (Phi) is 6.40. The van der Waals surface area contributed by atoms with E-state index in [0.29, 0.717) is 27.2 Å². The largest absolute Gasteiger partial charge is 0.535 e. The van der Waals surface area contributed by atoms with Crippen LogP contribution in [0.4, 0.5) is 16.5 Å². The minimum absolute atomic E-state index is 0.264. The van der Waals surface area contributed by atoms with Crippen LogP contribution in [0, 0.1) is 3.70 Å². The van der Waals surface area contributed by atoms with Gasteiger partial charge in [-0.3, -0.25) is 4.84 Å². The van der Waals surface area contributed by atoms with Gasteiger partial charge in [0.2, 0.25) is 5.89 Å². The monoisotopic (exact) mass is 563 g/mol. The van der Waals surface area contributed by atoms with Crippen molar-refractivity contribution < 1.29 is 23.5 Å². The maximum absolute atomic E-state index is 12.0. The van der Waals surface area contributed by atoms with Crippen LogP contribution in [-0.2, 0) is 11.2 Å². The van der Waals surface area contributed by atoms with Gasteiger partial charge < -0.3 is 19.2 Å². The molecule has 0 fully saturated rings. The van der Waals surface area contributed by atoms with Crippen LogP contribution in [0.5, 0.6) is 5.75 Å². The standard InChI is InChI=1S/C22H22IN5O5/c1-22(2,3)32-21(29)33-28-17-9-8-14(12-16(17)19(23)27-28)24-20-26-25-18(31-20)11-13-6-5-7-15(10-13)30-4/h5-10,12H,11H2,1-4H3,(H,24,26). The van der Waals surface area contributed by atoms with Crippen molar-refractivity contribution >= 4 is 51.4 Å². The molecule has 10 nitrogen and oxygen atoms in total. The number of carbonyl (C=O) groups excluding carboxylic acids is 1. The minimum Gasteiger partial charge on any atom is -0.497 e. The summed E-state index contributed by atoms with van der Waals surface area (Å²) in [5.41, 5.74) is 1.66. The van der Waals surface area contributed by atoms with E-state index < -0.39 is 11.8 Å². The van der Waals surface area contributed by atoms with Crippen LogP contribution < -0.4 is 14.9 Å². The van der Waals surface area contributed by atoms with E-state index in [9.17, 15) is 4.79 Å². The van der Waals surface area contributed by atoms with Crippen LogP contribution in [-0.4, -0.2) is 39.0 Å². The van der Waals surface area contributed by atoms with Crippen molar-refractivity contribution in [3.63, 3.8) is 0 Å². The third-order valence-corrected chi connectivity index (χ3v) is 5.16. The molecule has 1 N–H and O–H groups in total. The maximum Gasteiger partial charge on any atom is 0.535 e. The van der Waals surface area contributed by atoms with Crippen LogP contribution >= 0.6 is 22.6 Å². The number of nitrogens with zero attached hydrogens (tertiary/aromatic N) is 4. The zero-order valence-corrected chi connectivity index (χ0v) is 20.6. The van der Waals surface area contributed by atoms with Crippen LogP contribution in [0.3, 0.4) is 0 Å². The third kappa shape index (κ3) is 5.72. The quantitative estimate of drug-likeness (QED) is 0.263. The molecule has 0 saturated carbocycles. The highest BCUT2D eigenvalue weighted by Crippen LogP contribution is 2.26. The Morgan fingerprint density at radius 2 is 2.00 bits per heavy atom. The molecule has 2 aromatic heterocycles. The van der Waals surface area contributed by atoms with Crippen molar-refractivity contribution in [1.82, 2.24) is 20.1 Å². The highest BCUT2D eigenvalue weighted by molar-refractivity contribution is 14.1. The van der Waals surface area contributed by atoms with Crippen LogP contribution in [0.15, 0.2) is 46.9 Å². The van der Waals surface area contributed by atoms with E-state index in [0.717, 1.165) is 21.5 Å². The second-order valence-electron chi connectivity index (χ2n) is 8.11. The first-order valence-electron chi connectivity index (χ1n) is 10.0. The lowest BCUT2D eigenvalue weighted by molar-refractivity contribution is -0.0149. The summed E-state index contributed by atoms with van der Waals surface area (Å²) in [5, 5.41) is 16.3. The summed E-state index contributed by atoms with van der Waals surface area (Å²) < 4.78 is 16.8. The van der Waals surface area contributed by atoms with Crippen molar-refractivity contribution in [2.45, 2.75) is 32.8 Å². The molecule has 33 heavy (non-hydrogen) atoms. The number of hydrogen-bond donors (Lipinski definition) is 1. The van der Waals surface area contributed by atoms with Gasteiger partial charge >= 0.3 is 12.2 Å². The number of hydrogen-bond acceptors (Lipinski definition) is 9. The number of rotatable bonds is 6. The molecule has 0 unspecified atom stereocenters. The van der Waals surface area contributed by atoms with Gasteiger partial charge in [0.1, 0.15) is 20.6 Å². The number of ether oxygens (including phenoxy) is 2. The third-order valence-electron chi connectivity index (χ3n) is 4.36. The van der Waals surface area contributed by atoms with Crippen molar-refractivity contribution in [1.29, 1.82) is 0 Å². The van der Waals surface area contributed by atoms with Gasteiger partial charge in [-0.05, 0) is 79.3 Å². The summed E-state index contributed by atoms with van der Waals surface area (Å²) in [6.07, 6.45) is -0.350. The zero-order chi connectivity index (χ0) is 23.6. The molecule has 0 amide bonds. The molecule has 2 aromatic carbocycles. The van der Waals surface area contributed by atoms with Crippen molar-refractivity contribution in [2.24, 2.45) is 0 Å². The molecule has 0 aliphatic carbocycles. The lowest BCUT2D eigenvalue weighted by atomic mass is 10.1. The van der Waals surface area contributed by atoms with Gasteiger partial charge in [-0.15, -0.1) is 10.2 Å². The number of anilines is 2. The molecule has 0 atom stereocenters. The van der Waals surface area contributed by atoms with Gasteiger partial charge in [-0.1, -0.05) is 22.1 Å². The van der Waals surface area contributed by atoms with Gasteiger partial charge in [0.05, 0.1) is 13.5 Å². The molecule has 0 saturated heterocycles. The molecule has 0 aliphatic heterocycles. The number of aromatic nitrogens is 4. The molecule has 0 aliphatic rings. The van der Waals surface area contributed by atoms with Crippen LogP contribution in [0.1, 0.15) is 32.2 Å². The fraction of sp³-hybridized carbons (Fsp3) is 0.273. The van der Waals surface area contributed by atoms with Crippen molar-refractivity contribution in [2.75, 3.05) is 12.4 Å². The number of halogens is 1. The van der Waals surface area contributed by atoms with E-state index in [2.05, 4.69) is 43.2 Å². The number of methoxy groups -OCH3 is 1. The van der Waals surface area contributed by atoms with Gasteiger partial charge in [-0.2, -0.15) is 0 Å². The zero-order valence-electron chi connectivity index (χ0n) is 18.5. The molecule has 0 radical (unpaired) electrons. The molecule has 2 heterocycles. The molecule has 4 rings (SSSR count). The lowest BCUT2D eigenvalue weighted by Gasteiger charge is -2.18. The molecular weight excluding hydrogens is 541 g/mol. The number of carbonyl (C=O) groups is 1. The molecule has 0 spiro atoms. The fourth-order valence-electron chi connectivity index (χ4n) is 3.00. The molecule has 4 aromatic rings. The summed E-state index contributed by atoms with van der Waals surface area (Å²) >= 11 is 2.07. The summed E-state index contributed by atoms with van der Waals surface area (Å²) in [6, 6.07) is 13.4. The maximum atomic E-state index is 12.0. The molecule has 0 bridgehead atoms. The Morgan fingerprint density at radius 1 is 1.18 bits per heavy atom. The van der Waals surface area contributed by atoms with E-state index >= 15 is 0 Å². The second-order valence-corrected chi connectivity index (χ2v) is 9.13. The van der Waals surface area contributed by atoms with Gasteiger partial charge in [0, 0.05) is 11.1 Å². The SMILES string of the molecule is COc1cccc(Cc2nnc(Nc3ccc4c(c3)c(I)nn4OC(=O)OC(C)(C)C)o2)c1. The highest BCUT2D eigenvalue weighted by Gasteiger charge is 2.20. The summed E-state index contributed by atoms with van der Waals surface area (Å²) in [7, 11) is 1.62. The van der Waals surface area contributed by atoms with Gasteiger partial charge in [-0.25, -0.2) is 4.79 Å². The number of benzene rings is 2. The highest BCUT2D eigenvalue weighted by atomic mass is 127. The minimum atomic E-state index is -0.833. The van der Waals surface area contributed by atoms with E-state index in [1.807, 2.05) is 30.3 Å². The second kappa shape index (κ2) is 9.25. The van der Waals surface area contributed by atoms with Crippen LogP contribution in [0.2, 0.25) is 0 Å². The van der Waals surface area contributed by atoms with E-state index in [-0.39, 0.29) is 6.01 Å². The molecule has 172 valence electrons. The van der Waals surface area contributed by atoms with E-state index in [1.165, 1.54) is 0 Å². The van der Waals surface area contributed by atoms with Gasteiger partial charge in [0.15, 0.2) is 0 Å². The molecular formula is C22H22IN5O5.